The fraction of sp³-hybridized carbons (Fsp3) is 0.400. The molecule has 0 saturated heterocycles. The van der Waals surface area contributed by atoms with E-state index >= 15 is 0 Å². The second-order valence-electron chi connectivity index (χ2n) is 5.04. The zero-order chi connectivity index (χ0) is 14.7. The summed E-state index contributed by atoms with van der Waals surface area (Å²) in [6, 6.07) is 4.20. The van der Waals surface area contributed by atoms with E-state index in [9.17, 15) is 5.11 Å². The Balaban J connectivity index is 2.21. The van der Waals surface area contributed by atoms with E-state index in [4.69, 9.17) is 4.74 Å². The van der Waals surface area contributed by atoms with Crippen LogP contribution in [0.5, 0.6) is 5.75 Å². The maximum atomic E-state index is 9.45. The van der Waals surface area contributed by atoms with Crippen molar-refractivity contribution in [3.63, 3.8) is 0 Å². The first kappa shape index (κ1) is 15.1. The Labute approximate surface area is 127 Å². The van der Waals surface area contributed by atoms with E-state index < -0.39 is 0 Å². The molecule has 1 N–H and O–H groups in total. The number of hydrogen-bond acceptors (Lipinski definition) is 3. The molecule has 1 heterocycles. The van der Waals surface area contributed by atoms with Gasteiger partial charge in [0.15, 0.2) is 0 Å². The highest BCUT2D eigenvalue weighted by atomic mass is 79.9. The molecule has 0 radical (unpaired) electrons. The minimum absolute atomic E-state index is 0.0426. The zero-order valence-corrected chi connectivity index (χ0v) is 13.5. The van der Waals surface area contributed by atoms with Crippen LogP contribution in [0.2, 0.25) is 0 Å². The van der Waals surface area contributed by atoms with Crippen LogP contribution in [0, 0.1) is 6.92 Å². The highest BCUT2D eigenvalue weighted by Gasteiger charge is 2.11. The number of aryl methyl sites for hydroxylation is 1. The molecule has 0 unspecified atom stereocenters. The van der Waals surface area contributed by atoms with E-state index in [0.717, 1.165) is 27.0 Å². The summed E-state index contributed by atoms with van der Waals surface area (Å²) in [5.74, 6) is 0.743. The van der Waals surface area contributed by atoms with Crippen molar-refractivity contribution in [2.75, 3.05) is 0 Å². The van der Waals surface area contributed by atoms with Gasteiger partial charge in [0.25, 0.3) is 0 Å². The van der Waals surface area contributed by atoms with Crippen molar-refractivity contribution in [2.45, 2.75) is 40.0 Å². The van der Waals surface area contributed by atoms with Crippen LogP contribution < -0.4 is 4.74 Å². The van der Waals surface area contributed by atoms with Crippen molar-refractivity contribution in [1.82, 2.24) is 9.55 Å². The van der Waals surface area contributed by atoms with Gasteiger partial charge in [-0.15, -0.1) is 0 Å². The highest BCUT2D eigenvalue weighted by Crippen LogP contribution is 2.29. The van der Waals surface area contributed by atoms with Gasteiger partial charge in [-0.2, -0.15) is 0 Å². The number of halogens is 1. The fourth-order valence-electron chi connectivity index (χ4n) is 2.18. The molecule has 0 amide bonds. The smallest absolute Gasteiger partial charge is 0.130 e. The molecular formula is C15H19BrN2O2. The summed E-state index contributed by atoms with van der Waals surface area (Å²) in [5.41, 5.74) is 2.80. The lowest BCUT2D eigenvalue weighted by atomic mass is 10.1. The van der Waals surface area contributed by atoms with Crippen molar-refractivity contribution in [3.05, 3.63) is 46.0 Å². The van der Waals surface area contributed by atoms with Gasteiger partial charge in [-0.1, -0.05) is 15.9 Å². The number of nitrogens with zero attached hydrogens (tertiary/aromatic N) is 2. The number of benzene rings is 1. The lowest BCUT2D eigenvalue weighted by molar-refractivity contribution is 0.253. The summed E-state index contributed by atoms with van der Waals surface area (Å²) in [5, 5.41) is 9.45. The molecule has 0 saturated carbocycles. The average Bonchev–Trinajstić information content (AvgIpc) is 2.85. The van der Waals surface area contributed by atoms with E-state index in [-0.39, 0.29) is 6.61 Å². The topological polar surface area (TPSA) is 47.3 Å². The number of hydrogen-bond donors (Lipinski definition) is 1. The molecule has 0 bridgehead atoms. The molecule has 5 heteroatoms. The predicted octanol–water partition coefficient (Wildman–Crippen LogP) is 3.61. The van der Waals surface area contributed by atoms with Gasteiger partial charge in [0.05, 0.1) is 24.8 Å². The minimum atomic E-state index is -0.0426. The van der Waals surface area contributed by atoms with Crippen LogP contribution in [0.4, 0.5) is 0 Å². The molecule has 0 aliphatic carbocycles. The van der Waals surface area contributed by atoms with Gasteiger partial charge in [-0.3, -0.25) is 0 Å². The van der Waals surface area contributed by atoms with Crippen LogP contribution in [-0.2, 0) is 13.2 Å². The second-order valence-corrected chi connectivity index (χ2v) is 5.96. The molecule has 0 aliphatic heterocycles. The van der Waals surface area contributed by atoms with E-state index in [0.29, 0.717) is 12.6 Å². The molecule has 0 spiro atoms. The number of imidazole rings is 1. The van der Waals surface area contributed by atoms with Gasteiger partial charge in [-0.25, -0.2) is 4.98 Å². The molecule has 1 aromatic carbocycles. The first-order valence-electron chi connectivity index (χ1n) is 6.56. The molecule has 20 heavy (non-hydrogen) atoms. The number of rotatable bonds is 5. The summed E-state index contributed by atoms with van der Waals surface area (Å²) in [7, 11) is 0. The third kappa shape index (κ3) is 3.22. The van der Waals surface area contributed by atoms with Gasteiger partial charge in [0.2, 0.25) is 0 Å². The zero-order valence-electron chi connectivity index (χ0n) is 11.9. The number of aliphatic hydroxyl groups excluding tert-OH is 1. The van der Waals surface area contributed by atoms with E-state index in [2.05, 4.69) is 39.3 Å². The van der Waals surface area contributed by atoms with Crippen LogP contribution in [0.1, 0.15) is 36.7 Å². The largest absolute Gasteiger partial charge is 0.487 e. The lowest BCUT2D eigenvalue weighted by Crippen LogP contribution is -2.08. The molecule has 0 aliphatic rings. The molecule has 0 atom stereocenters. The first-order valence-corrected chi connectivity index (χ1v) is 7.35. The Bertz CT molecular complexity index is 594. The van der Waals surface area contributed by atoms with E-state index in [1.807, 2.05) is 31.6 Å². The maximum Gasteiger partial charge on any atom is 0.130 e. The molecule has 2 aromatic rings. The van der Waals surface area contributed by atoms with E-state index in [1.165, 1.54) is 0 Å². The average molecular weight is 339 g/mol. The first-order chi connectivity index (χ1) is 9.52. The summed E-state index contributed by atoms with van der Waals surface area (Å²) in [6.07, 6.45) is 3.62. The molecule has 0 fully saturated rings. The van der Waals surface area contributed by atoms with Crippen molar-refractivity contribution >= 4 is 15.9 Å². The van der Waals surface area contributed by atoms with Crippen molar-refractivity contribution < 1.29 is 9.84 Å². The molecule has 108 valence electrons. The third-order valence-electron chi connectivity index (χ3n) is 3.15. The summed E-state index contributed by atoms with van der Waals surface area (Å²) in [4.78, 5) is 4.16. The van der Waals surface area contributed by atoms with Crippen LogP contribution in [0.3, 0.4) is 0 Å². The summed E-state index contributed by atoms with van der Waals surface area (Å²) in [6.45, 7) is 6.58. The maximum absolute atomic E-state index is 9.45. The van der Waals surface area contributed by atoms with E-state index in [1.54, 1.807) is 0 Å². The van der Waals surface area contributed by atoms with Gasteiger partial charge in [0, 0.05) is 16.1 Å². The van der Waals surface area contributed by atoms with Crippen molar-refractivity contribution in [2.24, 2.45) is 0 Å². The normalized spacial score (nSPS) is 11.1. The summed E-state index contributed by atoms with van der Waals surface area (Å²) >= 11 is 3.43. The Hall–Kier alpha value is -1.33. The highest BCUT2D eigenvalue weighted by molar-refractivity contribution is 9.10. The molecule has 4 nitrogen and oxygen atoms in total. The summed E-state index contributed by atoms with van der Waals surface area (Å²) < 4.78 is 8.93. The lowest BCUT2D eigenvalue weighted by Gasteiger charge is -2.16. The Morgan fingerprint density at radius 2 is 2.15 bits per heavy atom. The third-order valence-corrected chi connectivity index (χ3v) is 3.61. The predicted molar refractivity (Wildman–Crippen MR) is 81.7 cm³/mol. The molecule has 2 rings (SSSR count). The Morgan fingerprint density at radius 1 is 1.40 bits per heavy atom. The van der Waals surface area contributed by atoms with Crippen LogP contribution >= 0.6 is 15.9 Å². The Kier molecular flexibility index (Phi) is 4.83. The van der Waals surface area contributed by atoms with Crippen molar-refractivity contribution in [3.8, 4) is 5.75 Å². The van der Waals surface area contributed by atoms with Crippen LogP contribution in [0.15, 0.2) is 29.1 Å². The van der Waals surface area contributed by atoms with Gasteiger partial charge in [-0.05, 0) is 38.5 Å². The Morgan fingerprint density at radius 3 is 2.80 bits per heavy atom. The van der Waals surface area contributed by atoms with Gasteiger partial charge < -0.3 is 14.4 Å². The standard InChI is InChI=1S/C15H19BrN2O2/c1-10(2)18-9-17-6-14(18)8-20-15-11(3)4-13(16)5-12(15)7-19/h4-6,9-10,19H,7-8H2,1-3H3. The quantitative estimate of drug-likeness (QED) is 0.905. The monoisotopic (exact) mass is 338 g/mol. The fourth-order valence-corrected chi connectivity index (χ4v) is 2.80. The van der Waals surface area contributed by atoms with Crippen LogP contribution in [0.25, 0.3) is 0 Å². The number of aromatic nitrogens is 2. The second kappa shape index (κ2) is 6.41. The number of aliphatic hydroxyl groups is 1. The van der Waals surface area contributed by atoms with Crippen LogP contribution in [-0.4, -0.2) is 14.7 Å². The van der Waals surface area contributed by atoms with Gasteiger partial charge >= 0.3 is 0 Å². The minimum Gasteiger partial charge on any atom is -0.487 e. The molecule has 1 aromatic heterocycles. The molecular weight excluding hydrogens is 320 g/mol. The number of ether oxygens (including phenoxy) is 1. The van der Waals surface area contributed by atoms with Gasteiger partial charge in [0.1, 0.15) is 12.4 Å². The SMILES string of the molecule is Cc1cc(Br)cc(CO)c1OCc1cncn1C(C)C. The van der Waals surface area contributed by atoms with Crippen molar-refractivity contribution in [1.29, 1.82) is 0 Å².